The Bertz CT molecular complexity index is 534. The van der Waals surface area contributed by atoms with Crippen molar-refractivity contribution in [3.8, 4) is 5.75 Å². The quantitative estimate of drug-likeness (QED) is 0.901. The standard InChI is InChI=1S/C17H20O2/c1-12-9-10-16(13(2)11-12)19-14(3)17(18)15-7-5-4-6-8-15/h4-11,14,17-18H,1-3H3. The summed E-state index contributed by atoms with van der Waals surface area (Å²) >= 11 is 0. The van der Waals surface area contributed by atoms with Crippen molar-refractivity contribution in [2.45, 2.75) is 33.0 Å². The SMILES string of the molecule is Cc1ccc(OC(C)C(O)c2ccccc2)c(C)c1. The lowest BCUT2D eigenvalue weighted by molar-refractivity contribution is 0.0463. The molecule has 2 atom stereocenters. The Morgan fingerprint density at radius 1 is 1.00 bits per heavy atom. The van der Waals surface area contributed by atoms with Crippen LogP contribution in [0.2, 0.25) is 0 Å². The molecule has 19 heavy (non-hydrogen) atoms. The maximum absolute atomic E-state index is 10.3. The summed E-state index contributed by atoms with van der Waals surface area (Å²) in [6, 6.07) is 15.6. The van der Waals surface area contributed by atoms with E-state index in [1.165, 1.54) is 5.56 Å². The number of rotatable bonds is 4. The number of aliphatic hydroxyl groups is 1. The molecule has 0 aliphatic heterocycles. The molecular formula is C17H20O2. The molecule has 100 valence electrons. The molecule has 0 heterocycles. The average Bonchev–Trinajstić information content (AvgIpc) is 2.42. The first-order valence-electron chi connectivity index (χ1n) is 6.55. The van der Waals surface area contributed by atoms with E-state index >= 15 is 0 Å². The van der Waals surface area contributed by atoms with Crippen molar-refractivity contribution in [1.82, 2.24) is 0 Å². The van der Waals surface area contributed by atoms with Crippen LogP contribution in [0.5, 0.6) is 5.75 Å². The molecule has 0 radical (unpaired) electrons. The van der Waals surface area contributed by atoms with Gasteiger partial charge in [-0.3, -0.25) is 0 Å². The van der Waals surface area contributed by atoms with Crippen molar-refractivity contribution >= 4 is 0 Å². The Morgan fingerprint density at radius 2 is 1.68 bits per heavy atom. The zero-order valence-electron chi connectivity index (χ0n) is 11.6. The third kappa shape index (κ3) is 3.36. The number of aliphatic hydroxyl groups excluding tert-OH is 1. The average molecular weight is 256 g/mol. The number of aryl methyl sites for hydroxylation is 2. The molecule has 0 amide bonds. The lowest BCUT2D eigenvalue weighted by Gasteiger charge is -2.22. The predicted octanol–water partition coefficient (Wildman–Crippen LogP) is 3.80. The maximum atomic E-state index is 10.3. The first-order chi connectivity index (χ1) is 9.08. The summed E-state index contributed by atoms with van der Waals surface area (Å²) in [5, 5.41) is 10.3. The Morgan fingerprint density at radius 3 is 2.32 bits per heavy atom. The molecule has 0 aliphatic carbocycles. The molecule has 2 aromatic rings. The molecule has 0 bridgehead atoms. The molecular weight excluding hydrogens is 236 g/mol. The van der Waals surface area contributed by atoms with Crippen LogP contribution in [0.25, 0.3) is 0 Å². The number of benzene rings is 2. The smallest absolute Gasteiger partial charge is 0.126 e. The zero-order chi connectivity index (χ0) is 13.8. The molecule has 0 saturated carbocycles. The first kappa shape index (κ1) is 13.6. The highest BCUT2D eigenvalue weighted by Gasteiger charge is 2.18. The second kappa shape index (κ2) is 5.89. The summed E-state index contributed by atoms with van der Waals surface area (Å²) < 4.78 is 5.87. The van der Waals surface area contributed by atoms with Crippen molar-refractivity contribution in [2.75, 3.05) is 0 Å². The van der Waals surface area contributed by atoms with E-state index in [4.69, 9.17) is 4.74 Å². The highest BCUT2D eigenvalue weighted by molar-refractivity contribution is 5.36. The van der Waals surface area contributed by atoms with E-state index in [1.807, 2.05) is 56.3 Å². The van der Waals surface area contributed by atoms with Crippen molar-refractivity contribution in [1.29, 1.82) is 0 Å². The normalized spacial score (nSPS) is 13.9. The van der Waals surface area contributed by atoms with Gasteiger partial charge in [-0.1, -0.05) is 48.0 Å². The molecule has 0 aliphatic rings. The monoisotopic (exact) mass is 256 g/mol. The van der Waals surface area contributed by atoms with E-state index in [-0.39, 0.29) is 6.10 Å². The number of ether oxygens (including phenoxy) is 1. The Balaban J connectivity index is 2.10. The summed E-state index contributed by atoms with van der Waals surface area (Å²) in [5.41, 5.74) is 3.17. The van der Waals surface area contributed by atoms with E-state index in [2.05, 4.69) is 13.0 Å². The minimum atomic E-state index is -0.623. The van der Waals surface area contributed by atoms with E-state index in [9.17, 15) is 5.11 Å². The van der Waals surface area contributed by atoms with Gasteiger partial charge >= 0.3 is 0 Å². The lowest BCUT2D eigenvalue weighted by Crippen LogP contribution is -2.22. The van der Waals surface area contributed by atoms with E-state index in [0.29, 0.717) is 0 Å². The molecule has 1 N–H and O–H groups in total. The Labute approximate surface area is 114 Å². The third-order valence-corrected chi connectivity index (χ3v) is 3.23. The first-order valence-corrected chi connectivity index (χ1v) is 6.55. The van der Waals surface area contributed by atoms with Crippen LogP contribution in [0.3, 0.4) is 0 Å². The van der Waals surface area contributed by atoms with Crippen LogP contribution in [0, 0.1) is 13.8 Å². The van der Waals surface area contributed by atoms with E-state index < -0.39 is 6.10 Å². The summed E-state index contributed by atoms with van der Waals surface area (Å²) in [6.07, 6.45) is -0.911. The van der Waals surface area contributed by atoms with Crippen LogP contribution in [0.1, 0.15) is 29.7 Å². The van der Waals surface area contributed by atoms with Crippen LogP contribution in [-0.4, -0.2) is 11.2 Å². The van der Waals surface area contributed by atoms with Gasteiger partial charge in [-0.15, -0.1) is 0 Å². The summed E-state index contributed by atoms with van der Waals surface area (Å²) in [6.45, 7) is 5.96. The van der Waals surface area contributed by atoms with Crippen LogP contribution < -0.4 is 4.74 Å². The van der Waals surface area contributed by atoms with Gasteiger partial charge in [-0.05, 0) is 38.0 Å². The van der Waals surface area contributed by atoms with Gasteiger partial charge in [0.2, 0.25) is 0 Å². The van der Waals surface area contributed by atoms with Crippen molar-refractivity contribution in [2.24, 2.45) is 0 Å². The lowest BCUT2D eigenvalue weighted by atomic mass is 10.1. The van der Waals surface area contributed by atoms with E-state index in [1.54, 1.807) is 0 Å². The van der Waals surface area contributed by atoms with Gasteiger partial charge in [-0.25, -0.2) is 0 Å². The highest BCUT2D eigenvalue weighted by atomic mass is 16.5. The van der Waals surface area contributed by atoms with E-state index in [0.717, 1.165) is 16.9 Å². The van der Waals surface area contributed by atoms with Crippen LogP contribution in [0.15, 0.2) is 48.5 Å². The van der Waals surface area contributed by atoms with Gasteiger partial charge < -0.3 is 9.84 Å². The van der Waals surface area contributed by atoms with Crippen molar-refractivity contribution < 1.29 is 9.84 Å². The maximum Gasteiger partial charge on any atom is 0.126 e. The molecule has 0 saturated heterocycles. The van der Waals surface area contributed by atoms with Gasteiger partial charge in [0.15, 0.2) is 0 Å². The number of hydrogen-bond donors (Lipinski definition) is 1. The second-order valence-electron chi connectivity index (χ2n) is 4.95. The number of hydrogen-bond acceptors (Lipinski definition) is 2. The van der Waals surface area contributed by atoms with Crippen LogP contribution in [-0.2, 0) is 0 Å². The van der Waals surface area contributed by atoms with Crippen LogP contribution in [0.4, 0.5) is 0 Å². The fourth-order valence-electron chi connectivity index (χ4n) is 2.12. The largest absolute Gasteiger partial charge is 0.487 e. The van der Waals surface area contributed by atoms with Crippen molar-refractivity contribution in [3.63, 3.8) is 0 Å². The molecule has 2 unspecified atom stereocenters. The zero-order valence-corrected chi connectivity index (χ0v) is 11.6. The summed E-state index contributed by atoms with van der Waals surface area (Å²) in [5.74, 6) is 0.827. The Kier molecular flexibility index (Phi) is 4.23. The fourth-order valence-corrected chi connectivity index (χ4v) is 2.12. The molecule has 0 fully saturated rings. The topological polar surface area (TPSA) is 29.5 Å². The summed E-state index contributed by atoms with van der Waals surface area (Å²) in [4.78, 5) is 0. The molecule has 2 heteroatoms. The molecule has 0 aromatic heterocycles. The highest BCUT2D eigenvalue weighted by Crippen LogP contribution is 2.25. The van der Waals surface area contributed by atoms with Gasteiger partial charge in [-0.2, -0.15) is 0 Å². The minimum Gasteiger partial charge on any atom is -0.487 e. The minimum absolute atomic E-state index is 0.288. The van der Waals surface area contributed by atoms with Gasteiger partial charge in [0.1, 0.15) is 18.0 Å². The fraction of sp³-hybridized carbons (Fsp3) is 0.294. The predicted molar refractivity (Wildman–Crippen MR) is 77.4 cm³/mol. The molecule has 2 rings (SSSR count). The summed E-state index contributed by atoms with van der Waals surface area (Å²) in [7, 11) is 0. The third-order valence-electron chi connectivity index (χ3n) is 3.23. The molecule has 2 aromatic carbocycles. The van der Waals surface area contributed by atoms with Crippen molar-refractivity contribution in [3.05, 3.63) is 65.2 Å². The second-order valence-corrected chi connectivity index (χ2v) is 4.95. The molecule has 2 nitrogen and oxygen atoms in total. The van der Waals surface area contributed by atoms with Gasteiger partial charge in [0.25, 0.3) is 0 Å². The molecule has 0 spiro atoms. The Hall–Kier alpha value is -1.80. The van der Waals surface area contributed by atoms with Gasteiger partial charge in [0, 0.05) is 0 Å². The van der Waals surface area contributed by atoms with Crippen LogP contribution >= 0.6 is 0 Å². The van der Waals surface area contributed by atoms with Gasteiger partial charge in [0.05, 0.1) is 0 Å².